The number of hydrogen-bond acceptors (Lipinski definition) is 5. The van der Waals surface area contributed by atoms with Gasteiger partial charge in [-0.25, -0.2) is 4.98 Å². The van der Waals surface area contributed by atoms with Gasteiger partial charge in [0.15, 0.2) is 0 Å². The number of aromatic nitrogens is 1. The minimum absolute atomic E-state index is 0.130. The molecular formula is C19H21N3O3. The Morgan fingerprint density at radius 1 is 1.36 bits per heavy atom. The van der Waals surface area contributed by atoms with Crippen LogP contribution in [-0.2, 0) is 16.0 Å². The quantitative estimate of drug-likeness (QED) is 0.928. The molecule has 0 bridgehead atoms. The lowest BCUT2D eigenvalue weighted by Gasteiger charge is -2.24. The number of hydrogen-bond donors (Lipinski definition) is 1. The van der Waals surface area contributed by atoms with Crippen molar-refractivity contribution in [2.45, 2.75) is 25.8 Å². The van der Waals surface area contributed by atoms with Crippen LogP contribution in [0.3, 0.4) is 0 Å². The van der Waals surface area contributed by atoms with Gasteiger partial charge in [0, 0.05) is 30.1 Å². The molecule has 0 aliphatic carbocycles. The van der Waals surface area contributed by atoms with Gasteiger partial charge in [-0.05, 0) is 37.1 Å². The van der Waals surface area contributed by atoms with Crippen LogP contribution < -0.4 is 15.0 Å². The number of nitrogens with one attached hydrogen (secondary N) is 1. The maximum absolute atomic E-state index is 12.4. The standard InChI is InChI=1S/C19H21N3O3/c1-12-7-15(24-2)3-4-16(12)21-18-9-17-13(10-20-18)8-19(23)22(17)14-5-6-25-11-14/h3-4,7,9-10,14H,5-6,8,11H2,1-2H3,(H,20,21). The second kappa shape index (κ2) is 6.37. The number of fused-ring (bicyclic) bond motifs is 1. The van der Waals surface area contributed by atoms with Gasteiger partial charge in [-0.15, -0.1) is 0 Å². The Kier molecular flexibility index (Phi) is 4.05. The molecule has 1 saturated heterocycles. The minimum atomic E-state index is 0.130. The molecular weight excluding hydrogens is 318 g/mol. The number of ether oxygens (including phenoxy) is 2. The first-order valence-corrected chi connectivity index (χ1v) is 8.46. The predicted octanol–water partition coefficient (Wildman–Crippen LogP) is 2.82. The van der Waals surface area contributed by atoms with Crippen LogP contribution in [0, 0.1) is 6.92 Å². The van der Waals surface area contributed by atoms with E-state index in [9.17, 15) is 4.79 Å². The number of pyridine rings is 1. The van der Waals surface area contributed by atoms with Gasteiger partial charge in [0.1, 0.15) is 11.6 Å². The topological polar surface area (TPSA) is 63.7 Å². The molecule has 1 N–H and O–H groups in total. The molecule has 1 fully saturated rings. The highest BCUT2D eigenvalue weighted by molar-refractivity contribution is 6.02. The van der Waals surface area contributed by atoms with Crippen molar-refractivity contribution in [2.75, 3.05) is 30.5 Å². The lowest BCUT2D eigenvalue weighted by Crippen LogP contribution is -2.38. The first-order chi connectivity index (χ1) is 12.2. The van der Waals surface area contributed by atoms with Crippen LogP contribution in [0.1, 0.15) is 17.5 Å². The summed E-state index contributed by atoms with van der Waals surface area (Å²) in [6.07, 6.45) is 3.10. The molecule has 2 aliphatic heterocycles. The number of rotatable bonds is 4. The molecule has 4 rings (SSSR count). The summed E-state index contributed by atoms with van der Waals surface area (Å²) in [4.78, 5) is 18.8. The van der Waals surface area contributed by atoms with Crippen molar-refractivity contribution in [2.24, 2.45) is 0 Å². The fraction of sp³-hybridized carbons (Fsp3) is 0.368. The number of anilines is 3. The number of carbonyl (C=O) groups is 1. The predicted molar refractivity (Wildman–Crippen MR) is 95.7 cm³/mol. The van der Waals surface area contributed by atoms with Crippen LogP contribution in [0.2, 0.25) is 0 Å². The van der Waals surface area contributed by atoms with Crippen molar-refractivity contribution in [1.29, 1.82) is 0 Å². The Balaban J connectivity index is 1.62. The van der Waals surface area contributed by atoms with Gasteiger partial charge in [0.2, 0.25) is 5.91 Å². The summed E-state index contributed by atoms with van der Waals surface area (Å²) in [6, 6.07) is 7.95. The van der Waals surface area contributed by atoms with Crippen molar-refractivity contribution in [3.8, 4) is 5.75 Å². The fourth-order valence-corrected chi connectivity index (χ4v) is 3.45. The molecule has 0 saturated carbocycles. The summed E-state index contributed by atoms with van der Waals surface area (Å²) in [7, 11) is 1.66. The Labute approximate surface area is 146 Å². The van der Waals surface area contributed by atoms with Crippen LogP contribution >= 0.6 is 0 Å². The zero-order chi connectivity index (χ0) is 17.4. The van der Waals surface area contributed by atoms with Crippen molar-refractivity contribution >= 4 is 23.1 Å². The largest absolute Gasteiger partial charge is 0.497 e. The van der Waals surface area contributed by atoms with Crippen molar-refractivity contribution in [3.63, 3.8) is 0 Å². The van der Waals surface area contributed by atoms with E-state index in [0.29, 0.717) is 19.6 Å². The number of methoxy groups -OCH3 is 1. The SMILES string of the molecule is COc1ccc(Nc2cc3c(cn2)CC(=O)N3C2CCOC2)c(C)c1. The molecule has 6 heteroatoms. The molecule has 0 radical (unpaired) electrons. The first kappa shape index (κ1) is 15.9. The smallest absolute Gasteiger partial charge is 0.231 e. The van der Waals surface area contributed by atoms with E-state index >= 15 is 0 Å². The summed E-state index contributed by atoms with van der Waals surface area (Å²) in [5.74, 6) is 1.68. The third kappa shape index (κ3) is 2.93. The summed E-state index contributed by atoms with van der Waals surface area (Å²) in [5.41, 5.74) is 3.96. The van der Waals surface area contributed by atoms with Gasteiger partial charge in [-0.1, -0.05) is 0 Å². The van der Waals surface area contributed by atoms with Crippen LogP contribution in [0.15, 0.2) is 30.5 Å². The Morgan fingerprint density at radius 3 is 2.96 bits per heavy atom. The molecule has 1 unspecified atom stereocenters. The second-order valence-electron chi connectivity index (χ2n) is 6.46. The number of carbonyl (C=O) groups excluding carboxylic acids is 1. The molecule has 0 spiro atoms. The van der Waals surface area contributed by atoms with Crippen LogP contribution in [-0.4, -0.2) is 37.3 Å². The molecule has 2 aromatic rings. The molecule has 6 nitrogen and oxygen atoms in total. The number of amides is 1. The van der Waals surface area contributed by atoms with E-state index in [1.165, 1.54) is 0 Å². The Morgan fingerprint density at radius 2 is 2.24 bits per heavy atom. The van der Waals surface area contributed by atoms with Crippen LogP contribution in [0.4, 0.5) is 17.2 Å². The van der Waals surface area contributed by atoms with Gasteiger partial charge in [0.05, 0.1) is 31.9 Å². The third-order valence-electron chi connectivity index (χ3n) is 4.80. The van der Waals surface area contributed by atoms with Gasteiger partial charge < -0.3 is 19.7 Å². The highest BCUT2D eigenvalue weighted by Crippen LogP contribution is 2.35. The normalized spacial score (nSPS) is 19.2. The summed E-state index contributed by atoms with van der Waals surface area (Å²) >= 11 is 0. The minimum Gasteiger partial charge on any atom is -0.497 e. The van der Waals surface area contributed by atoms with Crippen molar-refractivity contribution < 1.29 is 14.3 Å². The van der Waals surface area contributed by atoms with E-state index in [1.54, 1.807) is 13.3 Å². The van der Waals surface area contributed by atoms with Gasteiger partial charge in [-0.2, -0.15) is 0 Å². The molecule has 1 aromatic heterocycles. The van der Waals surface area contributed by atoms with E-state index in [-0.39, 0.29) is 11.9 Å². The Hall–Kier alpha value is -2.60. The number of benzene rings is 1. The van der Waals surface area contributed by atoms with Gasteiger partial charge in [-0.3, -0.25) is 4.79 Å². The van der Waals surface area contributed by atoms with Crippen LogP contribution in [0.25, 0.3) is 0 Å². The highest BCUT2D eigenvalue weighted by atomic mass is 16.5. The van der Waals surface area contributed by atoms with Gasteiger partial charge >= 0.3 is 0 Å². The number of nitrogens with zero attached hydrogens (tertiary/aromatic N) is 2. The lowest BCUT2D eigenvalue weighted by molar-refractivity contribution is -0.117. The average Bonchev–Trinajstić information content (AvgIpc) is 3.23. The maximum atomic E-state index is 12.4. The lowest BCUT2D eigenvalue weighted by atomic mass is 10.1. The number of aryl methyl sites for hydroxylation is 1. The third-order valence-corrected chi connectivity index (χ3v) is 4.80. The first-order valence-electron chi connectivity index (χ1n) is 8.46. The second-order valence-corrected chi connectivity index (χ2v) is 6.46. The van der Waals surface area contributed by atoms with E-state index in [4.69, 9.17) is 9.47 Å². The molecule has 3 heterocycles. The summed E-state index contributed by atoms with van der Waals surface area (Å²) < 4.78 is 10.7. The monoisotopic (exact) mass is 339 g/mol. The van der Waals surface area contributed by atoms with Crippen LogP contribution in [0.5, 0.6) is 5.75 Å². The average molecular weight is 339 g/mol. The van der Waals surface area contributed by atoms with E-state index < -0.39 is 0 Å². The molecule has 1 amide bonds. The zero-order valence-electron chi connectivity index (χ0n) is 14.4. The van der Waals surface area contributed by atoms with Crippen molar-refractivity contribution in [1.82, 2.24) is 4.98 Å². The summed E-state index contributed by atoms with van der Waals surface area (Å²) in [6.45, 7) is 3.34. The highest BCUT2D eigenvalue weighted by Gasteiger charge is 2.35. The molecule has 25 heavy (non-hydrogen) atoms. The van der Waals surface area contributed by atoms with Gasteiger partial charge in [0.25, 0.3) is 0 Å². The fourth-order valence-electron chi connectivity index (χ4n) is 3.45. The van der Waals surface area contributed by atoms with E-state index in [1.807, 2.05) is 36.1 Å². The maximum Gasteiger partial charge on any atom is 0.231 e. The molecule has 1 aromatic carbocycles. The Bertz CT molecular complexity index is 816. The van der Waals surface area contributed by atoms with Crippen molar-refractivity contribution in [3.05, 3.63) is 41.6 Å². The van der Waals surface area contributed by atoms with E-state index in [0.717, 1.165) is 40.5 Å². The van der Waals surface area contributed by atoms with E-state index in [2.05, 4.69) is 10.3 Å². The molecule has 2 aliphatic rings. The molecule has 1 atom stereocenters. The molecule has 130 valence electrons. The zero-order valence-corrected chi connectivity index (χ0v) is 14.4. The summed E-state index contributed by atoms with van der Waals surface area (Å²) in [5, 5.41) is 3.34.